The molecule has 0 saturated carbocycles. The van der Waals surface area contributed by atoms with Crippen molar-refractivity contribution in [2.75, 3.05) is 5.32 Å². The number of rotatable bonds is 4. The monoisotopic (exact) mass is 417 g/mol. The average molecular weight is 418 g/mol. The molecule has 142 valence electrons. The van der Waals surface area contributed by atoms with Gasteiger partial charge in [0.1, 0.15) is 15.7 Å². The molecule has 1 amide bonds. The van der Waals surface area contributed by atoms with Crippen LogP contribution in [0.3, 0.4) is 0 Å². The summed E-state index contributed by atoms with van der Waals surface area (Å²) in [6, 6.07) is 9.39. The summed E-state index contributed by atoms with van der Waals surface area (Å²) in [5, 5.41) is 9.12. The van der Waals surface area contributed by atoms with Crippen molar-refractivity contribution < 1.29 is 18.0 Å². The van der Waals surface area contributed by atoms with Crippen molar-refractivity contribution in [3.8, 4) is 0 Å². The second-order valence-corrected chi connectivity index (χ2v) is 6.38. The summed E-state index contributed by atoms with van der Waals surface area (Å²) in [6.45, 7) is 0.404. The van der Waals surface area contributed by atoms with Gasteiger partial charge in [-0.3, -0.25) is 14.2 Å². The number of hydrogen-bond acceptors (Lipinski definition) is 3. The molecule has 0 bridgehead atoms. The van der Waals surface area contributed by atoms with Gasteiger partial charge >= 0.3 is 6.18 Å². The van der Waals surface area contributed by atoms with E-state index >= 15 is 0 Å². The van der Waals surface area contributed by atoms with Crippen LogP contribution in [0.1, 0.15) is 21.7 Å². The molecule has 3 aromatic rings. The van der Waals surface area contributed by atoms with E-state index in [1.54, 1.807) is 0 Å². The maximum absolute atomic E-state index is 12.9. The van der Waals surface area contributed by atoms with Crippen molar-refractivity contribution >= 4 is 34.9 Å². The fourth-order valence-electron chi connectivity index (χ4n) is 2.43. The maximum Gasteiger partial charge on any atom is 0.436 e. The number of carbonyl (C=O) groups excluding carboxylic acids is 1. The summed E-state index contributed by atoms with van der Waals surface area (Å²) in [6.07, 6.45) is -3.28. The maximum atomic E-state index is 12.9. The van der Waals surface area contributed by atoms with Crippen LogP contribution < -0.4 is 5.32 Å². The fraction of sp³-hybridized carbons (Fsp3) is 0.188. The van der Waals surface area contributed by atoms with Crippen LogP contribution in [0.5, 0.6) is 0 Å². The van der Waals surface area contributed by atoms with Crippen LogP contribution in [0.4, 0.5) is 19.0 Å². The highest BCUT2D eigenvalue weighted by molar-refractivity contribution is 6.36. The van der Waals surface area contributed by atoms with E-state index in [0.717, 1.165) is 10.2 Å². The Morgan fingerprint density at radius 1 is 1.19 bits per heavy atom. The van der Waals surface area contributed by atoms with Gasteiger partial charge in [-0.25, -0.2) is 0 Å². The number of nitrogens with zero attached hydrogens (tertiary/aromatic N) is 4. The van der Waals surface area contributed by atoms with Crippen LogP contribution in [0.25, 0.3) is 0 Å². The summed E-state index contributed by atoms with van der Waals surface area (Å²) >= 11 is 11.8. The first-order chi connectivity index (χ1) is 12.7. The number of aromatic nitrogens is 4. The van der Waals surface area contributed by atoms with Crippen molar-refractivity contribution in [1.29, 1.82) is 0 Å². The zero-order chi connectivity index (χ0) is 19.8. The minimum absolute atomic E-state index is 0.00317. The molecule has 1 aromatic carbocycles. The molecule has 0 atom stereocenters. The molecule has 0 aliphatic rings. The number of benzene rings is 1. The molecule has 1 N–H and O–H groups in total. The lowest BCUT2D eigenvalue weighted by atomic mass is 10.2. The van der Waals surface area contributed by atoms with E-state index in [-0.39, 0.29) is 10.8 Å². The lowest BCUT2D eigenvalue weighted by molar-refractivity contribution is -0.141. The predicted octanol–water partition coefficient (Wildman–Crippen LogP) is 4.24. The third-order valence-corrected chi connectivity index (χ3v) is 4.24. The molecule has 0 fully saturated rings. The van der Waals surface area contributed by atoms with Crippen LogP contribution in [0.2, 0.25) is 10.0 Å². The molecule has 27 heavy (non-hydrogen) atoms. The van der Waals surface area contributed by atoms with Crippen molar-refractivity contribution in [2.24, 2.45) is 7.05 Å². The molecular weight excluding hydrogens is 406 g/mol. The van der Waals surface area contributed by atoms with Crippen molar-refractivity contribution in [2.45, 2.75) is 12.7 Å². The largest absolute Gasteiger partial charge is 0.436 e. The molecule has 0 unspecified atom stereocenters. The minimum atomic E-state index is -4.78. The van der Waals surface area contributed by atoms with Crippen molar-refractivity contribution in [1.82, 2.24) is 19.6 Å². The van der Waals surface area contributed by atoms with Crippen LogP contribution in [0.15, 0.2) is 36.5 Å². The smallest absolute Gasteiger partial charge is 0.302 e. The van der Waals surface area contributed by atoms with Gasteiger partial charge in [-0.05, 0) is 5.56 Å². The summed E-state index contributed by atoms with van der Waals surface area (Å²) in [5.74, 6) is -0.902. The van der Waals surface area contributed by atoms with Gasteiger partial charge in [-0.2, -0.15) is 23.4 Å². The zero-order valence-electron chi connectivity index (χ0n) is 13.8. The Bertz CT molecular complexity index is 982. The molecule has 3 rings (SSSR count). The molecule has 0 saturated heterocycles. The number of carbonyl (C=O) groups is 1. The summed E-state index contributed by atoms with van der Waals surface area (Å²) in [5.41, 5.74) is -0.825. The lowest BCUT2D eigenvalue weighted by Crippen LogP contribution is -2.17. The minimum Gasteiger partial charge on any atom is -0.302 e. The third kappa shape index (κ3) is 4.09. The first-order valence-corrected chi connectivity index (χ1v) is 8.30. The second-order valence-electron chi connectivity index (χ2n) is 5.60. The van der Waals surface area contributed by atoms with Crippen molar-refractivity contribution in [3.63, 3.8) is 0 Å². The Balaban J connectivity index is 1.82. The first-order valence-electron chi connectivity index (χ1n) is 7.54. The van der Waals surface area contributed by atoms with Gasteiger partial charge in [0.05, 0.1) is 6.54 Å². The normalized spacial score (nSPS) is 11.6. The topological polar surface area (TPSA) is 64.7 Å². The highest BCUT2D eigenvalue weighted by atomic mass is 35.5. The summed E-state index contributed by atoms with van der Waals surface area (Å²) in [7, 11) is 1.19. The number of hydrogen-bond donors (Lipinski definition) is 1. The Morgan fingerprint density at radius 2 is 1.85 bits per heavy atom. The van der Waals surface area contributed by atoms with E-state index in [4.69, 9.17) is 23.2 Å². The SMILES string of the molecule is Cn1nc(C(F)(F)F)c(Cl)c1C(=O)Nc1nn(Cc2ccccc2)cc1Cl. The lowest BCUT2D eigenvalue weighted by Gasteiger charge is -2.04. The van der Waals surface area contributed by atoms with Gasteiger partial charge in [-0.1, -0.05) is 53.5 Å². The molecule has 6 nitrogen and oxygen atoms in total. The third-order valence-electron chi connectivity index (χ3n) is 3.61. The highest BCUT2D eigenvalue weighted by Gasteiger charge is 2.39. The second kappa shape index (κ2) is 7.24. The molecule has 2 heterocycles. The van der Waals surface area contributed by atoms with Crippen LogP contribution in [-0.2, 0) is 19.8 Å². The first kappa shape index (κ1) is 19.2. The molecule has 0 aliphatic heterocycles. The number of halogens is 5. The fourth-order valence-corrected chi connectivity index (χ4v) is 2.98. The number of amides is 1. The standard InChI is InChI=1S/C16H12Cl2F3N5O/c1-25-12(11(18)13(23-25)16(19,20)21)15(27)22-14-10(17)8-26(24-14)7-9-5-3-2-4-6-9/h2-6,8H,7H2,1H3,(H,22,24,27). The Hall–Kier alpha value is -2.52. The molecule has 11 heteroatoms. The van der Waals surface area contributed by atoms with Crippen molar-refractivity contribution in [3.05, 3.63) is 63.5 Å². The van der Waals surface area contributed by atoms with Crippen LogP contribution >= 0.6 is 23.2 Å². The van der Waals surface area contributed by atoms with E-state index in [2.05, 4.69) is 15.5 Å². The average Bonchev–Trinajstić information content (AvgIpc) is 3.07. The number of nitrogens with one attached hydrogen (secondary N) is 1. The molecule has 0 spiro atoms. The summed E-state index contributed by atoms with van der Waals surface area (Å²) in [4.78, 5) is 12.4. The van der Waals surface area contributed by atoms with Gasteiger partial charge in [0, 0.05) is 13.2 Å². The highest BCUT2D eigenvalue weighted by Crippen LogP contribution is 2.35. The van der Waals surface area contributed by atoms with Gasteiger partial charge in [-0.15, -0.1) is 0 Å². The molecule has 2 aromatic heterocycles. The predicted molar refractivity (Wildman–Crippen MR) is 94.0 cm³/mol. The van der Waals surface area contributed by atoms with Crippen LogP contribution in [0, 0.1) is 0 Å². The zero-order valence-corrected chi connectivity index (χ0v) is 15.3. The van der Waals surface area contributed by atoms with Gasteiger partial charge < -0.3 is 5.32 Å². The Kier molecular flexibility index (Phi) is 5.16. The van der Waals surface area contributed by atoms with Gasteiger partial charge in [0.15, 0.2) is 11.5 Å². The Labute approximate surface area is 161 Å². The number of anilines is 1. The van der Waals surface area contributed by atoms with E-state index in [1.807, 2.05) is 30.3 Å². The van der Waals surface area contributed by atoms with Crippen LogP contribution in [-0.4, -0.2) is 25.5 Å². The van der Waals surface area contributed by atoms with Gasteiger partial charge in [0.2, 0.25) is 0 Å². The molecule has 0 radical (unpaired) electrons. The van der Waals surface area contributed by atoms with E-state index in [1.165, 1.54) is 17.9 Å². The summed E-state index contributed by atoms with van der Waals surface area (Å²) < 4.78 is 40.9. The number of alkyl halides is 3. The number of aryl methyl sites for hydroxylation is 1. The van der Waals surface area contributed by atoms with E-state index < -0.39 is 28.5 Å². The van der Waals surface area contributed by atoms with E-state index in [0.29, 0.717) is 6.54 Å². The Morgan fingerprint density at radius 3 is 2.44 bits per heavy atom. The van der Waals surface area contributed by atoms with E-state index in [9.17, 15) is 18.0 Å². The molecular formula is C16H12Cl2F3N5O. The molecule has 0 aliphatic carbocycles. The van der Waals surface area contributed by atoms with Gasteiger partial charge in [0.25, 0.3) is 5.91 Å². The quantitative estimate of drug-likeness (QED) is 0.690.